The zero-order valence-corrected chi connectivity index (χ0v) is 28.9. The number of carbonyl (C=O) groups is 1. The molecule has 1 spiro atoms. The molecule has 0 N–H and O–H groups in total. The van der Waals surface area contributed by atoms with Crippen molar-refractivity contribution in [2.75, 3.05) is 0 Å². The Kier molecular flexibility index (Phi) is 8.24. The van der Waals surface area contributed by atoms with E-state index in [0.29, 0.717) is 12.0 Å². The van der Waals surface area contributed by atoms with Crippen molar-refractivity contribution < 1.29 is 31.9 Å². The summed E-state index contributed by atoms with van der Waals surface area (Å²) in [6, 6.07) is 5.37. The molecule has 0 bridgehead atoms. The van der Waals surface area contributed by atoms with Crippen molar-refractivity contribution in [2.45, 2.75) is 142 Å². The van der Waals surface area contributed by atoms with Crippen LogP contribution in [-0.2, 0) is 30.5 Å². The first-order chi connectivity index (χ1) is 20.2. The third kappa shape index (κ3) is 5.66. The van der Waals surface area contributed by atoms with Gasteiger partial charge in [0.05, 0.1) is 23.0 Å². The van der Waals surface area contributed by atoms with E-state index in [4.69, 9.17) is 18.9 Å². The smallest absolute Gasteiger partial charge is 0.416 e. The monoisotopic (exact) mass is 631 g/mol. The highest BCUT2D eigenvalue weighted by Crippen LogP contribution is 2.62. The molecule has 0 saturated heterocycles. The lowest BCUT2D eigenvalue weighted by molar-refractivity contribution is -0.156. The van der Waals surface area contributed by atoms with Crippen LogP contribution >= 0.6 is 0 Å². The number of hydrogen-bond donors (Lipinski definition) is 0. The minimum Gasteiger partial charge on any atom is -0.455 e. The summed E-state index contributed by atoms with van der Waals surface area (Å²) >= 11 is 0. The molecule has 9 heteroatoms. The lowest BCUT2D eigenvalue weighted by Gasteiger charge is -2.48. The van der Waals surface area contributed by atoms with E-state index in [2.05, 4.69) is 61.6 Å². The molecular weight excluding hydrogens is 583 g/mol. The zero-order valence-electron chi connectivity index (χ0n) is 27.9. The van der Waals surface area contributed by atoms with Crippen LogP contribution in [0.2, 0.25) is 18.1 Å². The van der Waals surface area contributed by atoms with Crippen LogP contribution in [0.25, 0.3) is 0 Å². The van der Waals surface area contributed by atoms with E-state index in [0.717, 1.165) is 65.9 Å². The predicted molar refractivity (Wildman–Crippen MR) is 167 cm³/mol. The number of hydrogen-bond acceptors (Lipinski definition) is 5. The van der Waals surface area contributed by atoms with Gasteiger partial charge in [0, 0.05) is 29.2 Å². The van der Waals surface area contributed by atoms with Crippen molar-refractivity contribution in [3.63, 3.8) is 0 Å². The van der Waals surface area contributed by atoms with Crippen LogP contribution < -0.4 is 0 Å². The predicted octanol–water partition coefficient (Wildman–Crippen LogP) is 10.2. The number of benzene rings is 1. The Labute approximate surface area is 261 Å². The summed E-state index contributed by atoms with van der Waals surface area (Å²) in [4.78, 5) is 17.9. The van der Waals surface area contributed by atoms with Crippen molar-refractivity contribution in [1.29, 1.82) is 0 Å². The number of ether oxygens (including phenoxy) is 2. The number of nitrogens with zero attached hydrogens (tertiary/aromatic N) is 1. The molecule has 1 aliphatic heterocycles. The molecule has 0 unspecified atom stereocenters. The number of pyridine rings is 1. The number of fused-ring (bicyclic) bond motifs is 4. The first-order valence-electron chi connectivity index (χ1n) is 16.0. The minimum absolute atomic E-state index is 0.00562. The Bertz CT molecular complexity index is 1420. The highest BCUT2D eigenvalue weighted by molar-refractivity contribution is 6.74. The molecule has 0 radical (unpaired) electrons. The average Bonchev–Trinajstić information content (AvgIpc) is 3.49. The number of carbonyl (C=O) groups excluding carboxylic acids is 1. The quantitative estimate of drug-likeness (QED) is 0.243. The highest BCUT2D eigenvalue weighted by Gasteiger charge is 2.56. The minimum atomic E-state index is -4.42. The number of halogens is 3. The van der Waals surface area contributed by atoms with Crippen LogP contribution in [0.15, 0.2) is 24.3 Å². The normalized spacial score (nSPS) is 24.5. The fraction of sp³-hybridized carbons (Fsp3) is 0.657. The summed E-state index contributed by atoms with van der Waals surface area (Å²) < 4.78 is 60.9. The van der Waals surface area contributed by atoms with E-state index in [1.54, 1.807) is 12.1 Å². The van der Waals surface area contributed by atoms with Crippen LogP contribution in [0.3, 0.4) is 0 Å². The van der Waals surface area contributed by atoms with Crippen LogP contribution in [-0.4, -0.2) is 19.3 Å². The molecular formula is C35H48F3NO4Si. The van der Waals surface area contributed by atoms with Gasteiger partial charge in [-0.15, -0.1) is 0 Å². The molecule has 2 aromatic rings. The Morgan fingerprint density at radius 1 is 1.05 bits per heavy atom. The summed E-state index contributed by atoms with van der Waals surface area (Å²) in [5.41, 5.74) is 3.51. The maximum absolute atomic E-state index is 13.5. The van der Waals surface area contributed by atoms with Crippen LogP contribution in [0, 0.1) is 5.41 Å². The van der Waals surface area contributed by atoms with Crippen LogP contribution in [0.4, 0.5) is 13.2 Å². The molecule has 3 aliphatic rings. The van der Waals surface area contributed by atoms with E-state index in [1.807, 2.05) is 0 Å². The van der Waals surface area contributed by atoms with Gasteiger partial charge in [-0.1, -0.05) is 73.4 Å². The van der Waals surface area contributed by atoms with Gasteiger partial charge in [-0.2, -0.15) is 13.2 Å². The Morgan fingerprint density at radius 3 is 2.14 bits per heavy atom. The molecule has 5 nitrogen and oxygen atoms in total. The van der Waals surface area contributed by atoms with Gasteiger partial charge in [-0.3, -0.25) is 9.78 Å². The van der Waals surface area contributed by atoms with E-state index < -0.39 is 43.3 Å². The summed E-state index contributed by atoms with van der Waals surface area (Å²) in [7, 11) is -2.28. The van der Waals surface area contributed by atoms with Gasteiger partial charge in [0.2, 0.25) is 0 Å². The van der Waals surface area contributed by atoms with Gasteiger partial charge in [-0.05, 0) is 66.6 Å². The highest BCUT2D eigenvalue weighted by atomic mass is 28.4. The first kappa shape index (κ1) is 33.1. The molecule has 1 fully saturated rings. The largest absolute Gasteiger partial charge is 0.455 e. The van der Waals surface area contributed by atoms with Gasteiger partial charge in [0.25, 0.3) is 0 Å². The molecule has 0 amide bonds. The first-order valence-corrected chi connectivity index (χ1v) is 18.9. The van der Waals surface area contributed by atoms with Gasteiger partial charge in [0.15, 0.2) is 8.32 Å². The third-order valence-electron chi connectivity index (χ3n) is 10.4. The maximum Gasteiger partial charge on any atom is 0.416 e. The lowest BCUT2D eigenvalue weighted by atomic mass is 9.68. The Balaban J connectivity index is 1.82. The summed E-state index contributed by atoms with van der Waals surface area (Å²) in [6.45, 7) is 21.0. The average molecular weight is 632 g/mol. The number of esters is 1. The summed E-state index contributed by atoms with van der Waals surface area (Å²) in [5, 5.41) is -0.0389. The standard InChI is InChI=1S/C35H48F3NO4Si/c1-20(2)28-26-27(34(17-11-12-18-34)42-30(26)22-13-15-23(16-14-22)35(36,37)38)25-24(43-44(9,10)32(4,5)6)19-33(7,8)31(29(25)39-28)41-21(3)40/h13-16,20,24,30-31H,11-12,17-19H2,1-10H3/t24-,30+,31+/m0/s1. The van der Waals surface area contributed by atoms with Gasteiger partial charge in [0.1, 0.15) is 12.2 Å². The molecule has 2 heterocycles. The molecule has 44 heavy (non-hydrogen) atoms. The molecule has 242 valence electrons. The molecule has 3 atom stereocenters. The molecule has 1 aromatic heterocycles. The van der Waals surface area contributed by atoms with Crippen molar-refractivity contribution in [2.24, 2.45) is 5.41 Å². The van der Waals surface area contributed by atoms with E-state index in [-0.39, 0.29) is 23.0 Å². The van der Waals surface area contributed by atoms with Crippen molar-refractivity contribution in [3.05, 3.63) is 63.5 Å². The summed E-state index contributed by atoms with van der Waals surface area (Å²) in [5.74, 6) is -0.366. The van der Waals surface area contributed by atoms with Crippen molar-refractivity contribution in [1.82, 2.24) is 4.98 Å². The Morgan fingerprint density at radius 2 is 1.64 bits per heavy atom. The number of aromatic nitrogens is 1. The van der Waals surface area contributed by atoms with Crippen LogP contribution in [0.5, 0.6) is 0 Å². The SMILES string of the molecule is CC(=O)O[C@@H]1c2nc(C(C)C)c3c(c2[C@@H](O[Si](C)(C)C(C)(C)C)CC1(C)C)C1(CCCC1)O[C@@H]3c1ccc(C(F)(F)F)cc1. The lowest BCUT2D eigenvalue weighted by Crippen LogP contribution is -2.45. The second kappa shape index (κ2) is 10.9. The van der Waals surface area contributed by atoms with Gasteiger partial charge < -0.3 is 13.9 Å². The molecule has 1 aromatic carbocycles. The fourth-order valence-corrected chi connectivity index (χ4v) is 8.45. The van der Waals surface area contributed by atoms with Crippen molar-refractivity contribution >= 4 is 14.3 Å². The second-order valence-corrected chi connectivity index (χ2v) is 20.4. The maximum atomic E-state index is 13.5. The molecule has 2 aliphatic carbocycles. The van der Waals surface area contributed by atoms with Gasteiger partial charge in [-0.25, -0.2) is 0 Å². The van der Waals surface area contributed by atoms with Crippen LogP contribution in [0.1, 0.15) is 151 Å². The Hall–Kier alpha value is -2.23. The topological polar surface area (TPSA) is 57.7 Å². The zero-order chi connectivity index (χ0) is 32.6. The van der Waals surface area contributed by atoms with E-state index in [1.165, 1.54) is 6.92 Å². The second-order valence-electron chi connectivity index (χ2n) is 15.6. The van der Waals surface area contributed by atoms with E-state index >= 15 is 0 Å². The van der Waals surface area contributed by atoms with E-state index in [9.17, 15) is 18.0 Å². The number of rotatable bonds is 5. The molecule has 1 saturated carbocycles. The van der Waals surface area contributed by atoms with Crippen molar-refractivity contribution in [3.8, 4) is 0 Å². The van der Waals surface area contributed by atoms with Gasteiger partial charge >= 0.3 is 12.1 Å². The molecule has 5 rings (SSSR count). The number of alkyl halides is 3. The fourth-order valence-electron chi connectivity index (χ4n) is 7.18. The summed E-state index contributed by atoms with van der Waals surface area (Å²) in [6.07, 6.45) is -1.62. The third-order valence-corrected chi connectivity index (χ3v) is 14.9.